The van der Waals surface area contributed by atoms with Crippen LogP contribution in [0.5, 0.6) is 0 Å². The fourth-order valence-electron chi connectivity index (χ4n) is 2.79. The van der Waals surface area contributed by atoms with Crippen LogP contribution < -0.4 is 0 Å². The molecule has 0 fully saturated rings. The van der Waals surface area contributed by atoms with Crippen LogP contribution in [0.1, 0.15) is 40.9 Å². The summed E-state index contributed by atoms with van der Waals surface area (Å²) in [7, 11) is 0. The highest BCUT2D eigenvalue weighted by molar-refractivity contribution is 6.13. The maximum atomic E-state index is 11.8. The summed E-state index contributed by atoms with van der Waals surface area (Å²) >= 11 is 0. The van der Waals surface area contributed by atoms with Crippen molar-refractivity contribution in [3.8, 4) is 0 Å². The predicted octanol–water partition coefficient (Wildman–Crippen LogP) is 1.80. The molecule has 0 bridgehead atoms. The van der Waals surface area contributed by atoms with E-state index in [0.29, 0.717) is 5.56 Å². The number of rotatable bonds is 2. The third-order valence-corrected chi connectivity index (χ3v) is 3.75. The molecule has 1 aliphatic heterocycles. The molecule has 2 aliphatic rings. The molecule has 0 unspecified atom stereocenters. The molecular weight excluding hydrogens is 242 g/mol. The van der Waals surface area contributed by atoms with Gasteiger partial charge in [-0.05, 0) is 37.0 Å². The van der Waals surface area contributed by atoms with Gasteiger partial charge in [0.15, 0.2) is 5.78 Å². The molecule has 4 heteroatoms. The Morgan fingerprint density at radius 2 is 1.89 bits per heavy atom. The Morgan fingerprint density at radius 1 is 1.21 bits per heavy atom. The minimum Gasteiger partial charge on any atom is -0.295 e. The largest absolute Gasteiger partial charge is 0.295 e. The molecule has 1 aromatic rings. The van der Waals surface area contributed by atoms with E-state index in [1.807, 2.05) is 12.1 Å². The SMILES string of the molecule is CC(=O)c1ccc2c(c1)[C@@H](N1C(=O)C=CC1=O)CC2. The summed E-state index contributed by atoms with van der Waals surface area (Å²) in [5.41, 5.74) is 2.67. The highest BCUT2D eigenvalue weighted by Gasteiger charge is 2.36. The lowest BCUT2D eigenvalue weighted by atomic mass is 10.0. The summed E-state index contributed by atoms with van der Waals surface area (Å²) < 4.78 is 0. The number of amides is 2. The Hall–Kier alpha value is -2.23. The third-order valence-electron chi connectivity index (χ3n) is 3.75. The van der Waals surface area contributed by atoms with E-state index >= 15 is 0 Å². The van der Waals surface area contributed by atoms with Crippen LogP contribution in [0.3, 0.4) is 0 Å². The van der Waals surface area contributed by atoms with E-state index < -0.39 is 0 Å². The van der Waals surface area contributed by atoms with Crippen molar-refractivity contribution in [2.75, 3.05) is 0 Å². The highest BCUT2D eigenvalue weighted by atomic mass is 16.2. The summed E-state index contributed by atoms with van der Waals surface area (Å²) in [5, 5.41) is 0. The Kier molecular flexibility index (Phi) is 2.59. The number of benzene rings is 1. The van der Waals surface area contributed by atoms with Crippen LogP contribution in [0.2, 0.25) is 0 Å². The number of hydrogen-bond acceptors (Lipinski definition) is 3. The van der Waals surface area contributed by atoms with Crippen molar-refractivity contribution in [3.05, 3.63) is 47.0 Å². The monoisotopic (exact) mass is 255 g/mol. The van der Waals surface area contributed by atoms with Crippen LogP contribution in [0.25, 0.3) is 0 Å². The molecule has 3 rings (SSSR count). The average molecular weight is 255 g/mol. The van der Waals surface area contributed by atoms with Crippen molar-refractivity contribution in [2.45, 2.75) is 25.8 Å². The number of aryl methyl sites for hydroxylation is 1. The van der Waals surface area contributed by atoms with E-state index in [9.17, 15) is 14.4 Å². The summed E-state index contributed by atoms with van der Waals surface area (Å²) in [4.78, 5) is 36.2. The molecule has 1 heterocycles. The molecule has 2 amide bonds. The lowest BCUT2D eigenvalue weighted by Crippen LogP contribution is -2.33. The summed E-state index contributed by atoms with van der Waals surface area (Å²) in [5.74, 6) is -0.544. The van der Waals surface area contributed by atoms with Crippen LogP contribution in [0.4, 0.5) is 0 Å². The van der Waals surface area contributed by atoms with E-state index in [1.165, 1.54) is 24.0 Å². The van der Waals surface area contributed by atoms with Crippen molar-refractivity contribution < 1.29 is 14.4 Å². The lowest BCUT2D eigenvalue weighted by Gasteiger charge is -2.23. The minimum atomic E-state index is -0.268. The summed E-state index contributed by atoms with van der Waals surface area (Å²) in [6.07, 6.45) is 4.16. The Balaban J connectivity index is 2.01. The van der Waals surface area contributed by atoms with Gasteiger partial charge >= 0.3 is 0 Å². The van der Waals surface area contributed by atoms with E-state index in [4.69, 9.17) is 0 Å². The van der Waals surface area contributed by atoms with E-state index in [1.54, 1.807) is 6.07 Å². The van der Waals surface area contributed by atoms with Crippen molar-refractivity contribution in [2.24, 2.45) is 0 Å². The minimum absolute atomic E-state index is 0.00866. The van der Waals surface area contributed by atoms with Crippen LogP contribution in [-0.2, 0) is 16.0 Å². The lowest BCUT2D eigenvalue weighted by molar-refractivity contribution is -0.139. The van der Waals surface area contributed by atoms with Crippen LogP contribution in [-0.4, -0.2) is 22.5 Å². The first-order valence-corrected chi connectivity index (χ1v) is 6.27. The normalized spacial score (nSPS) is 21.1. The van der Waals surface area contributed by atoms with Gasteiger partial charge in [-0.2, -0.15) is 0 Å². The molecule has 1 aromatic carbocycles. The molecule has 19 heavy (non-hydrogen) atoms. The quantitative estimate of drug-likeness (QED) is 0.598. The van der Waals surface area contributed by atoms with Crippen molar-refractivity contribution >= 4 is 17.6 Å². The van der Waals surface area contributed by atoms with Gasteiger partial charge in [0, 0.05) is 17.7 Å². The van der Waals surface area contributed by atoms with Gasteiger partial charge in [0.2, 0.25) is 0 Å². The number of ketones is 1. The maximum absolute atomic E-state index is 11.8. The number of carbonyl (C=O) groups excluding carboxylic acids is 3. The average Bonchev–Trinajstić information content (AvgIpc) is 2.92. The Morgan fingerprint density at radius 3 is 2.53 bits per heavy atom. The number of nitrogens with zero attached hydrogens (tertiary/aromatic N) is 1. The second-order valence-electron chi connectivity index (χ2n) is 4.90. The molecule has 0 spiro atoms. The summed E-state index contributed by atoms with van der Waals surface area (Å²) in [6, 6.07) is 5.30. The Labute approximate surface area is 110 Å². The summed E-state index contributed by atoms with van der Waals surface area (Å²) in [6.45, 7) is 1.51. The van der Waals surface area contributed by atoms with Gasteiger partial charge in [-0.15, -0.1) is 0 Å². The van der Waals surface area contributed by atoms with Gasteiger partial charge in [0.25, 0.3) is 11.8 Å². The van der Waals surface area contributed by atoms with E-state index in [2.05, 4.69) is 0 Å². The molecule has 0 N–H and O–H groups in total. The van der Waals surface area contributed by atoms with Crippen LogP contribution >= 0.6 is 0 Å². The van der Waals surface area contributed by atoms with Crippen LogP contribution in [0.15, 0.2) is 30.4 Å². The van der Waals surface area contributed by atoms with Gasteiger partial charge in [-0.25, -0.2) is 0 Å². The predicted molar refractivity (Wildman–Crippen MR) is 68.5 cm³/mol. The zero-order valence-electron chi connectivity index (χ0n) is 10.6. The fraction of sp³-hybridized carbons (Fsp3) is 0.267. The van der Waals surface area contributed by atoms with Crippen LogP contribution in [0, 0.1) is 0 Å². The number of imide groups is 1. The molecule has 1 atom stereocenters. The first kappa shape index (κ1) is 11.8. The Bertz CT molecular complexity index is 612. The molecule has 0 saturated carbocycles. The molecule has 0 radical (unpaired) electrons. The number of Topliss-reactive ketones (excluding diaryl/α,β-unsaturated/α-hetero) is 1. The van der Waals surface area contributed by atoms with E-state index in [-0.39, 0.29) is 23.6 Å². The van der Waals surface area contributed by atoms with Gasteiger partial charge in [-0.3, -0.25) is 19.3 Å². The van der Waals surface area contributed by atoms with Crippen molar-refractivity contribution in [1.82, 2.24) is 4.90 Å². The fourth-order valence-corrected chi connectivity index (χ4v) is 2.79. The molecule has 96 valence electrons. The smallest absolute Gasteiger partial charge is 0.254 e. The zero-order chi connectivity index (χ0) is 13.6. The molecule has 4 nitrogen and oxygen atoms in total. The van der Waals surface area contributed by atoms with Crippen molar-refractivity contribution in [1.29, 1.82) is 0 Å². The highest BCUT2D eigenvalue weighted by Crippen LogP contribution is 2.37. The van der Waals surface area contributed by atoms with Gasteiger partial charge in [0.05, 0.1) is 6.04 Å². The maximum Gasteiger partial charge on any atom is 0.254 e. The number of fused-ring (bicyclic) bond motifs is 1. The topological polar surface area (TPSA) is 54.5 Å². The number of carbonyl (C=O) groups is 3. The molecule has 1 aliphatic carbocycles. The first-order chi connectivity index (χ1) is 9.08. The second kappa shape index (κ2) is 4.16. The standard InChI is InChI=1S/C15H13NO3/c1-9(17)11-3-2-10-4-5-13(12(10)8-11)16-14(18)6-7-15(16)19/h2-3,6-8,13H,4-5H2,1H3/t13-/m0/s1. The molecular formula is C15H13NO3. The number of hydrogen-bond donors (Lipinski definition) is 0. The van der Waals surface area contributed by atoms with Gasteiger partial charge in [-0.1, -0.05) is 12.1 Å². The first-order valence-electron chi connectivity index (χ1n) is 6.27. The third kappa shape index (κ3) is 1.80. The zero-order valence-corrected chi connectivity index (χ0v) is 10.6. The second-order valence-corrected chi connectivity index (χ2v) is 4.90. The van der Waals surface area contributed by atoms with Gasteiger partial charge < -0.3 is 0 Å². The molecule has 0 aromatic heterocycles. The van der Waals surface area contributed by atoms with Crippen molar-refractivity contribution in [3.63, 3.8) is 0 Å². The molecule has 0 saturated heterocycles. The van der Waals surface area contributed by atoms with E-state index in [0.717, 1.165) is 24.0 Å². The van der Waals surface area contributed by atoms with Gasteiger partial charge in [0.1, 0.15) is 0 Å².